The maximum Gasteiger partial charge on any atom is 0.341 e. The lowest BCUT2D eigenvalue weighted by molar-refractivity contribution is 0.0694. The van der Waals surface area contributed by atoms with E-state index in [0.29, 0.717) is 16.6 Å². The number of carboxylic acid groups (broad SMARTS) is 1. The van der Waals surface area contributed by atoms with Crippen LogP contribution in [0.4, 0.5) is 9.80 Å². The second kappa shape index (κ2) is 12.2. The van der Waals surface area contributed by atoms with E-state index in [2.05, 4.69) is 26.8 Å². The first kappa shape index (κ1) is 22.0. The van der Waals surface area contributed by atoms with E-state index in [0.717, 1.165) is 56.2 Å². The number of carbonyl (C=O) groups is 2. The number of unbranched alkanes of at least 4 members (excludes halogenated alkanes) is 3. The molecule has 7 nitrogen and oxygen atoms in total. The van der Waals surface area contributed by atoms with Gasteiger partial charge in [0.15, 0.2) is 0 Å². The summed E-state index contributed by atoms with van der Waals surface area (Å²) < 4.78 is 4.23. The minimum absolute atomic E-state index is 0.104. The number of thioether (sulfide) groups is 1. The highest BCUT2D eigenvalue weighted by molar-refractivity contribution is 7.99. The van der Waals surface area contributed by atoms with E-state index in [1.54, 1.807) is 0 Å². The topological polar surface area (TPSA) is 94.6 Å². The van der Waals surface area contributed by atoms with Gasteiger partial charge in [-0.15, -0.1) is 11.8 Å². The van der Waals surface area contributed by atoms with Crippen LogP contribution in [0.1, 0.15) is 62.2 Å². The van der Waals surface area contributed by atoms with E-state index in [1.165, 1.54) is 37.4 Å². The van der Waals surface area contributed by atoms with Gasteiger partial charge in [0.1, 0.15) is 15.6 Å². The van der Waals surface area contributed by atoms with E-state index < -0.39 is 5.97 Å². The number of hydrogen-bond donors (Lipinski definition) is 3. The zero-order valence-corrected chi connectivity index (χ0v) is 17.6. The lowest BCUT2D eigenvalue weighted by Gasteiger charge is -2.14. The quantitative estimate of drug-likeness (QED) is 0.352. The molecule has 2 rings (SSSR count). The summed E-state index contributed by atoms with van der Waals surface area (Å²) >= 11 is 2.48. The molecule has 1 saturated heterocycles. The van der Waals surface area contributed by atoms with Crippen molar-refractivity contribution in [2.45, 2.75) is 56.9 Å². The fourth-order valence-electron chi connectivity index (χ4n) is 3.00. The third-order valence-corrected chi connectivity index (χ3v) is 6.41. The van der Waals surface area contributed by atoms with Crippen molar-refractivity contribution in [3.63, 3.8) is 0 Å². The van der Waals surface area contributed by atoms with Crippen molar-refractivity contribution in [1.29, 1.82) is 0 Å². The molecule has 0 bridgehead atoms. The molecule has 0 aromatic carbocycles. The number of amides is 2. The molecule has 1 aromatic heterocycles. The van der Waals surface area contributed by atoms with Crippen LogP contribution in [0.25, 0.3) is 0 Å². The van der Waals surface area contributed by atoms with Crippen molar-refractivity contribution in [2.24, 2.45) is 0 Å². The summed E-state index contributed by atoms with van der Waals surface area (Å²) in [6.07, 6.45) is 7.95. The van der Waals surface area contributed by atoms with Gasteiger partial charge in [-0.2, -0.15) is 4.37 Å². The number of carboxylic acids is 1. The number of aromatic carboxylic acids is 1. The van der Waals surface area contributed by atoms with Gasteiger partial charge < -0.3 is 15.3 Å². The van der Waals surface area contributed by atoms with Gasteiger partial charge in [0.05, 0.1) is 0 Å². The van der Waals surface area contributed by atoms with Crippen LogP contribution in [0.3, 0.4) is 0 Å². The number of carbonyl (C=O) groups excluding carboxylic acids is 1. The third kappa shape index (κ3) is 7.67. The van der Waals surface area contributed by atoms with Gasteiger partial charge in [-0.1, -0.05) is 26.2 Å². The van der Waals surface area contributed by atoms with Crippen molar-refractivity contribution in [3.05, 3.63) is 5.56 Å². The largest absolute Gasteiger partial charge is 0.477 e. The molecule has 3 N–H and O–H groups in total. The lowest BCUT2D eigenvalue weighted by Crippen LogP contribution is -2.32. The highest BCUT2D eigenvalue weighted by Gasteiger charge is 2.22. The Morgan fingerprint density at radius 1 is 1.22 bits per heavy atom. The number of hydrogen-bond acceptors (Lipinski definition) is 6. The van der Waals surface area contributed by atoms with Gasteiger partial charge in [-0.3, -0.25) is 5.32 Å². The number of nitrogens with zero attached hydrogens (tertiary/aromatic N) is 2. The maximum absolute atomic E-state index is 12.1. The summed E-state index contributed by atoms with van der Waals surface area (Å²) in [6, 6.07) is -0.373. The fraction of sp³-hybridized carbons (Fsp3) is 0.722. The minimum Gasteiger partial charge on any atom is -0.477 e. The van der Waals surface area contributed by atoms with Crippen molar-refractivity contribution >= 4 is 40.3 Å². The van der Waals surface area contributed by atoms with E-state index in [9.17, 15) is 14.7 Å². The van der Waals surface area contributed by atoms with Crippen molar-refractivity contribution in [2.75, 3.05) is 37.2 Å². The molecule has 152 valence electrons. The monoisotopic (exact) mass is 414 g/mol. The van der Waals surface area contributed by atoms with Crippen LogP contribution in [0.15, 0.2) is 5.03 Å². The van der Waals surface area contributed by atoms with E-state index in [4.69, 9.17) is 0 Å². The molecule has 1 aromatic rings. The SMILES string of the molecule is CCCCCCSc1nsc(NC(=O)NCCCN2CCCC2)c1C(=O)O. The number of likely N-dealkylation sites (tertiary alicyclic amines) is 1. The van der Waals surface area contributed by atoms with Crippen LogP contribution < -0.4 is 10.6 Å². The molecule has 9 heteroatoms. The number of anilines is 1. The van der Waals surface area contributed by atoms with E-state index >= 15 is 0 Å². The first-order chi connectivity index (χ1) is 13.1. The molecule has 0 aliphatic carbocycles. The fourth-order valence-corrected chi connectivity index (χ4v) is 4.95. The van der Waals surface area contributed by atoms with Gasteiger partial charge >= 0.3 is 12.0 Å². The smallest absolute Gasteiger partial charge is 0.341 e. The molecule has 27 heavy (non-hydrogen) atoms. The summed E-state index contributed by atoms with van der Waals surface area (Å²) in [7, 11) is 0. The van der Waals surface area contributed by atoms with Gasteiger partial charge in [-0.05, 0) is 62.6 Å². The molecule has 0 spiro atoms. The average molecular weight is 415 g/mol. The van der Waals surface area contributed by atoms with Crippen LogP contribution in [-0.4, -0.2) is 58.3 Å². The van der Waals surface area contributed by atoms with Crippen LogP contribution >= 0.6 is 23.3 Å². The summed E-state index contributed by atoms with van der Waals surface area (Å²) in [4.78, 5) is 26.1. The van der Waals surface area contributed by atoms with Crippen molar-refractivity contribution < 1.29 is 14.7 Å². The molecule has 0 saturated carbocycles. The van der Waals surface area contributed by atoms with Gasteiger partial charge in [0, 0.05) is 6.54 Å². The standard InChI is InChI=1S/C18H30N4O3S2/c1-2-3-4-7-13-26-16-14(17(23)24)15(27-21-16)20-18(25)19-9-8-12-22-10-5-6-11-22/h2-13H2,1H3,(H,23,24)(H2,19,20,25). The number of rotatable bonds is 12. The summed E-state index contributed by atoms with van der Waals surface area (Å²) in [5.41, 5.74) is 0.104. The molecule has 0 radical (unpaired) electrons. The maximum atomic E-state index is 12.1. The van der Waals surface area contributed by atoms with E-state index in [-0.39, 0.29) is 11.6 Å². The molecule has 1 fully saturated rings. The Morgan fingerprint density at radius 3 is 2.70 bits per heavy atom. The molecular formula is C18H30N4O3S2. The molecular weight excluding hydrogens is 384 g/mol. The Hall–Kier alpha value is -1.32. The predicted molar refractivity (Wildman–Crippen MR) is 111 cm³/mol. The van der Waals surface area contributed by atoms with Crippen molar-refractivity contribution in [3.8, 4) is 0 Å². The lowest BCUT2D eigenvalue weighted by atomic mass is 10.2. The third-order valence-electron chi connectivity index (χ3n) is 4.47. The van der Waals surface area contributed by atoms with Gasteiger partial charge in [0.2, 0.25) is 0 Å². The number of aromatic nitrogens is 1. The van der Waals surface area contributed by atoms with Gasteiger partial charge in [-0.25, -0.2) is 9.59 Å². The molecule has 2 heterocycles. The average Bonchev–Trinajstić information content (AvgIpc) is 3.28. The first-order valence-electron chi connectivity index (χ1n) is 9.74. The zero-order chi connectivity index (χ0) is 19.5. The molecule has 0 unspecified atom stereocenters. The first-order valence-corrected chi connectivity index (χ1v) is 11.5. The molecule has 0 atom stereocenters. The molecule has 1 aliphatic rings. The number of nitrogens with one attached hydrogen (secondary N) is 2. The zero-order valence-electron chi connectivity index (χ0n) is 16.0. The molecule has 1 aliphatic heterocycles. The van der Waals surface area contributed by atoms with Crippen LogP contribution in [0.2, 0.25) is 0 Å². The van der Waals surface area contributed by atoms with Crippen LogP contribution in [-0.2, 0) is 0 Å². The number of urea groups is 1. The van der Waals surface area contributed by atoms with E-state index in [1.807, 2.05) is 0 Å². The van der Waals surface area contributed by atoms with Crippen LogP contribution in [0, 0.1) is 0 Å². The predicted octanol–water partition coefficient (Wildman–Crippen LogP) is 4.12. The normalized spacial score (nSPS) is 14.4. The minimum atomic E-state index is -1.05. The Morgan fingerprint density at radius 2 is 2.00 bits per heavy atom. The van der Waals surface area contributed by atoms with Crippen LogP contribution in [0.5, 0.6) is 0 Å². The second-order valence-corrected chi connectivity index (χ2v) is 8.55. The Bertz CT molecular complexity index is 603. The van der Waals surface area contributed by atoms with Gasteiger partial charge in [0.25, 0.3) is 0 Å². The highest BCUT2D eigenvalue weighted by Crippen LogP contribution is 2.32. The second-order valence-electron chi connectivity index (χ2n) is 6.69. The molecule has 2 amide bonds. The summed E-state index contributed by atoms with van der Waals surface area (Å²) in [5, 5.41) is 15.7. The van der Waals surface area contributed by atoms with Crippen molar-refractivity contribution in [1.82, 2.24) is 14.6 Å². The Balaban J connectivity index is 1.76. The Kier molecular flexibility index (Phi) is 9.93. The summed E-state index contributed by atoms with van der Waals surface area (Å²) in [6.45, 7) is 6.01. The Labute approximate surface area is 169 Å². The summed E-state index contributed by atoms with van der Waals surface area (Å²) in [5.74, 6) is -0.212. The highest BCUT2D eigenvalue weighted by atomic mass is 32.2.